The lowest BCUT2D eigenvalue weighted by molar-refractivity contribution is 0.0691. The number of aromatic carboxylic acids is 1. The molecule has 2 aromatic heterocycles. The van der Waals surface area contributed by atoms with Crippen molar-refractivity contribution in [2.45, 2.75) is 17.1 Å². The van der Waals surface area contributed by atoms with E-state index in [2.05, 4.69) is 15.0 Å². The Kier molecular flexibility index (Phi) is 3.61. The molecular weight excluding hydrogens is 273 g/mol. The molecule has 0 fully saturated rings. The number of carbonyl (C=O) groups is 1. The fraction of sp³-hybridized carbons (Fsp3) is 0.0909. The molecule has 19 heavy (non-hydrogen) atoms. The molecule has 0 aliphatic carbocycles. The van der Waals surface area contributed by atoms with Crippen molar-refractivity contribution in [1.82, 2.24) is 15.0 Å². The zero-order valence-electron chi connectivity index (χ0n) is 9.68. The Balaban J connectivity index is 2.41. The lowest BCUT2D eigenvalue weighted by Crippen LogP contribution is -2.08. The van der Waals surface area contributed by atoms with Crippen molar-refractivity contribution in [3.8, 4) is 0 Å². The third-order valence-corrected chi connectivity index (χ3v) is 2.99. The molecule has 0 amide bonds. The number of carboxylic acid groups (broad SMARTS) is 1. The van der Waals surface area contributed by atoms with Gasteiger partial charge in [-0.2, -0.15) is 0 Å². The second-order valence-corrected chi connectivity index (χ2v) is 4.55. The van der Waals surface area contributed by atoms with Crippen molar-refractivity contribution < 1.29 is 14.3 Å². The molecule has 0 radical (unpaired) electrons. The highest BCUT2D eigenvalue weighted by atomic mass is 32.2. The first-order valence-electron chi connectivity index (χ1n) is 5.11. The summed E-state index contributed by atoms with van der Waals surface area (Å²) in [7, 11) is 0. The van der Waals surface area contributed by atoms with E-state index in [-0.39, 0.29) is 15.7 Å². The van der Waals surface area contributed by atoms with Gasteiger partial charge in [0.05, 0.1) is 5.56 Å². The van der Waals surface area contributed by atoms with Crippen LogP contribution >= 0.6 is 11.8 Å². The summed E-state index contributed by atoms with van der Waals surface area (Å²) in [5, 5.41) is 8.79. The van der Waals surface area contributed by atoms with Gasteiger partial charge in [0.25, 0.3) is 5.56 Å². The summed E-state index contributed by atoms with van der Waals surface area (Å²) >= 11 is 0.758. The summed E-state index contributed by atoms with van der Waals surface area (Å²) in [6, 6.07) is 2.36. The molecule has 98 valence electrons. The average molecular weight is 281 g/mol. The number of aryl methyl sites for hydroxylation is 1. The molecule has 0 spiro atoms. The molecule has 0 aromatic carbocycles. The van der Waals surface area contributed by atoms with E-state index >= 15 is 0 Å². The van der Waals surface area contributed by atoms with E-state index in [9.17, 15) is 14.0 Å². The zero-order valence-corrected chi connectivity index (χ0v) is 10.5. The second kappa shape index (κ2) is 5.19. The van der Waals surface area contributed by atoms with E-state index in [1.165, 1.54) is 12.3 Å². The Bertz CT molecular complexity index is 702. The van der Waals surface area contributed by atoms with Crippen LogP contribution in [0.3, 0.4) is 0 Å². The lowest BCUT2D eigenvalue weighted by atomic mass is 10.3. The van der Waals surface area contributed by atoms with Gasteiger partial charge in [0.1, 0.15) is 5.03 Å². The number of halogens is 1. The van der Waals surface area contributed by atoms with Crippen LogP contribution in [0.2, 0.25) is 0 Å². The molecular formula is C11H8FN3O3S. The van der Waals surface area contributed by atoms with Gasteiger partial charge < -0.3 is 10.1 Å². The third-order valence-electron chi connectivity index (χ3n) is 2.13. The van der Waals surface area contributed by atoms with Gasteiger partial charge in [0, 0.05) is 18.0 Å². The van der Waals surface area contributed by atoms with Gasteiger partial charge in [-0.1, -0.05) is 0 Å². The van der Waals surface area contributed by atoms with Crippen LogP contribution in [0.1, 0.15) is 16.1 Å². The smallest absolute Gasteiger partial charge is 0.338 e. The summed E-state index contributed by atoms with van der Waals surface area (Å²) in [5.41, 5.74) is -0.377. The summed E-state index contributed by atoms with van der Waals surface area (Å²) in [6.45, 7) is 1.62. The topological polar surface area (TPSA) is 95.9 Å². The van der Waals surface area contributed by atoms with Crippen molar-refractivity contribution in [3.05, 3.63) is 45.8 Å². The standard InChI is InChI=1S/C11H8FN3O3S/c1-5-4-7(16)15-11(14-5)19-9-8(12)6(10(17)18)2-3-13-9/h2-4H,1H3,(H,17,18)(H,14,15,16). The first kappa shape index (κ1) is 13.2. The first-order chi connectivity index (χ1) is 8.97. The predicted molar refractivity (Wildman–Crippen MR) is 64.9 cm³/mol. The van der Waals surface area contributed by atoms with Gasteiger partial charge >= 0.3 is 5.97 Å². The molecule has 0 unspecified atom stereocenters. The van der Waals surface area contributed by atoms with Crippen molar-refractivity contribution in [2.75, 3.05) is 0 Å². The van der Waals surface area contributed by atoms with Crippen LogP contribution in [0.4, 0.5) is 4.39 Å². The highest BCUT2D eigenvalue weighted by Gasteiger charge is 2.16. The number of rotatable bonds is 3. The Hall–Kier alpha value is -2.22. The van der Waals surface area contributed by atoms with Crippen LogP contribution in [-0.4, -0.2) is 26.0 Å². The Morgan fingerprint density at radius 3 is 2.89 bits per heavy atom. The molecule has 0 aliphatic heterocycles. The van der Waals surface area contributed by atoms with Gasteiger partial charge in [-0.3, -0.25) is 4.79 Å². The highest BCUT2D eigenvalue weighted by molar-refractivity contribution is 7.99. The second-order valence-electron chi connectivity index (χ2n) is 3.58. The van der Waals surface area contributed by atoms with Crippen LogP contribution in [0, 0.1) is 12.7 Å². The number of pyridine rings is 1. The maximum absolute atomic E-state index is 13.8. The molecule has 2 rings (SSSR count). The highest BCUT2D eigenvalue weighted by Crippen LogP contribution is 2.26. The average Bonchev–Trinajstić information content (AvgIpc) is 2.30. The molecule has 6 nitrogen and oxygen atoms in total. The molecule has 8 heteroatoms. The molecule has 0 saturated heterocycles. The van der Waals surface area contributed by atoms with Crippen molar-refractivity contribution in [2.24, 2.45) is 0 Å². The minimum atomic E-state index is -1.38. The number of aromatic nitrogens is 3. The fourth-order valence-electron chi connectivity index (χ4n) is 1.35. The molecule has 0 bridgehead atoms. The zero-order chi connectivity index (χ0) is 14.0. The number of H-pyrrole nitrogens is 1. The number of hydrogen-bond acceptors (Lipinski definition) is 5. The van der Waals surface area contributed by atoms with Gasteiger partial charge in [-0.25, -0.2) is 19.2 Å². The third kappa shape index (κ3) is 2.97. The molecule has 2 N–H and O–H groups in total. The fourth-order valence-corrected chi connectivity index (χ4v) is 2.19. The monoisotopic (exact) mass is 281 g/mol. The van der Waals surface area contributed by atoms with E-state index in [1.807, 2.05) is 0 Å². The van der Waals surface area contributed by atoms with Crippen LogP contribution in [0.15, 0.2) is 33.3 Å². The minimum Gasteiger partial charge on any atom is -0.478 e. The quantitative estimate of drug-likeness (QED) is 0.827. The molecule has 0 atom stereocenters. The molecule has 0 aliphatic rings. The molecule has 0 saturated carbocycles. The van der Waals surface area contributed by atoms with Crippen LogP contribution in [-0.2, 0) is 0 Å². The van der Waals surface area contributed by atoms with Gasteiger partial charge in [0.15, 0.2) is 11.0 Å². The van der Waals surface area contributed by atoms with Crippen molar-refractivity contribution in [3.63, 3.8) is 0 Å². The summed E-state index contributed by atoms with van der Waals surface area (Å²) in [6.07, 6.45) is 1.18. The Morgan fingerprint density at radius 2 is 2.26 bits per heavy atom. The van der Waals surface area contributed by atoms with E-state index in [0.29, 0.717) is 5.69 Å². The number of aromatic amines is 1. The number of nitrogens with one attached hydrogen (secondary N) is 1. The summed E-state index contributed by atoms with van der Waals surface area (Å²) in [4.78, 5) is 32.2. The Labute approximate surface area is 110 Å². The first-order valence-corrected chi connectivity index (χ1v) is 5.92. The van der Waals surface area contributed by atoms with E-state index in [0.717, 1.165) is 17.8 Å². The molecule has 2 aromatic rings. The maximum atomic E-state index is 13.8. The van der Waals surface area contributed by atoms with Gasteiger partial charge in [-0.15, -0.1) is 0 Å². The minimum absolute atomic E-state index is 0.152. The summed E-state index contributed by atoms with van der Waals surface area (Å²) in [5.74, 6) is -2.34. The van der Waals surface area contributed by atoms with E-state index in [4.69, 9.17) is 5.11 Å². The van der Waals surface area contributed by atoms with Crippen molar-refractivity contribution in [1.29, 1.82) is 0 Å². The van der Waals surface area contributed by atoms with Gasteiger partial charge in [-0.05, 0) is 24.8 Å². The van der Waals surface area contributed by atoms with E-state index in [1.54, 1.807) is 6.92 Å². The molecule has 2 heterocycles. The van der Waals surface area contributed by atoms with Gasteiger partial charge in [0.2, 0.25) is 0 Å². The Morgan fingerprint density at radius 1 is 1.53 bits per heavy atom. The van der Waals surface area contributed by atoms with Crippen molar-refractivity contribution >= 4 is 17.7 Å². The largest absolute Gasteiger partial charge is 0.478 e. The van der Waals surface area contributed by atoms with Crippen LogP contribution in [0.25, 0.3) is 0 Å². The predicted octanol–water partition coefficient (Wildman–Crippen LogP) is 1.46. The van der Waals surface area contributed by atoms with E-state index < -0.39 is 17.3 Å². The maximum Gasteiger partial charge on any atom is 0.338 e. The number of hydrogen-bond donors (Lipinski definition) is 2. The SMILES string of the molecule is Cc1cc(=O)[nH]c(Sc2nccc(C(=O)O)c2F)n1. The van der Waals surface area contributed by atoms with Crippen LogP contribution in [0.5, 0.6) is 0 Å². The number of nitrogens with zero attached hydrogens (tertiary/aromatic N) is 2. The summed E-state index contributed by atoms with van der Waals surface area (Å²) < 4.78 is 13.8. The van der Waals surface area contributed by atoms with Crippen LogP contribution < -0.4 is 5.56 Å². The lowest BCUT2D eigenvalue weighted by Gasteiger charge is -2.04. The normalized spacial score (nSPS) is 10.4. The number of carboxylic acids is 1.